The Hall–Kier alpha value is -2.06. The zero-order valence-electron chi connectivity index (χ0n) is 15.3. The van der Waals surface area contributed by atoms with Gasteiger partial charge >= 0.3 is 0 Å². The molecule has 0 saturated carbocycles. The van der Waals surface area contributed by atoms with E-state index in [9.17, 15) is 4.79 Å². The van der Waals surface area contributed by atoms with E-state index in [2.05, 4.69) is 33.9 Å². The van der Waals surface area contributed by atoms with Gasteiger partial charge in [0.25, 0.3) is 5.56 Å². The number of fused-ring (bicyclic) bond motifs is 1. The number of rotatable bonds is 4. The molecule has 0 unspecified atom stereocenters. The molecule has 26 heavy (non-hydrogen) atoms. The Morgan fingerprint density at radius 1 is 1.38 bits per heavy atom. The summed E-state index contributed by atoms with van der Waals surface area (Å²) < 4.78 is 7.11. The van der Waals surface area contributed by atoms with Gasteiger partial charge in [-0.25, -0.2) is 4.98 Å². The Bertz CT molecular complexity index is 974. The summed E-state index contributed by atoms with van der Waals surface area (Å²) in [7, 11) is 0. The molecule has 8 heteroatoms. The van der Waals surface area contributed by atoms with E-state index in [0.29, 0.717) is 6.54 Å². The van der Waals surface area contributed by atoms with E-state index >= 15 is 0 Å². The molecule has 0 N–H and O–H groups in total. The minimum Gasteiger partial charge on any atom is -0.339 e. The third-order valence-corrected chi connectivity index (χ3v) is 5.65. The summed E-state index contributed by atoms with van der Waals surface area (Å²) in [6.07, 6.45) is 3.97. The third-order valence-electron chi connectivity index (χ3n) is 4.75. The number of hydrogen-bond acceptors (Lipinski definition) is 7. The molecular weight excluding hydrogens is 350 g/mol. The van der Waals surface area contributed by atoms with Crippen LogP contribution in [0.5, 0.6) is 0 Å². The lowest BCUT2D eigenvalue weighted by molar-refractivity contribution is 0.178. The van der Waals surface area contributed by atoms with Gasteiger partial charge in [-0.05, 0) is 26.3 Å². The average molecular weight is 373 g/mol. The molecule has 1 atom stereocenters. The Labute approximate surface area is 155 Å². The fourth-order valence-corrected chi connectivity index (χ4v) is 4.27. The fraction of sp³-hybridized carbons (Fsp3) is 0.556. The van der Waals surface area contributed by atoms with Gasteiger partial charge in [0.15, 0.2) is 10.8 Å². The van der Waals surface area contributed by atoms with Gasteiger partial charge in [0.2, 0.25) is 5.89 Å². The van der Waals surface area contributed by atoms with Gasteiger partial charge in [-0.1, -0.05) is 19.0 Å². The van der Waals surface area contributed by atoms with Crippen LogP contribution in [0.2, 0.25) is 0 Å². The molecule has 0 aliphatic carbocycles. The highest BCUT2D eigenvalue weighted by molar-refractivity contribution is 7.16. The number of nitrogens with zero attached hydrogens (tertiary/aromatic N) is 5. The van der Waals surface area contributed by atoms with E-state index in [-0.39, 0.29) is 17.4 Å². The summed E-state index contributed by atoms with van der Waals surface area (Å²) in [5.41, 5.74) is 0.812. The predicted octanol–water partition coefficient (Wildman–Crippen LogP) is 2.95. The molecule has 1 aliphatic rings. The van der Waals surface area contributed by atoms with Crippen molar-refractivity contribution in [3.63, 3.8) is 0 Å². The molecule has 3 aromatic rings. The molecule has 0 radical (unpaired) electrons. The van der Waals surface area contributed by atoms with E-state index in [1.165, 1.54) is 0 Å². The standard InChI is InChI=1S/C18H23N5O2S/c1-11(2)16-20-17(25-21-16)13-5-4-6-22(9-13)10-14-7-15(24)23-8-12(3)26-18(23)19-14/h7-8,11,13H,4-6,9-10H2,1-3H3/t13-/m1/s1. The van der Waals surface area contributed by atoms with Crippen molar-refractivity contribution in [1.29, 1.82) is 0 Å². The van der Waals surface area contributed by atoms with Gasteiger partial charge in [0.05, 0.1) is 11.6 Å². The van der Waals surface area contributed by atoms with Crippen LogP contribution < -0.4 is 5.56 Å². The van der Waals surface area contributed by atoms with Gasteiger partial charge in [0, 0.05) is 36.1 Å². The van der Waals surface area contributed by atoms with Crippen LogP contribution in [0.15, 0.2) is 21.6 Å². The second kappa shape index (κ2) is 6.92. The van der Waals surface area contributed by atoms with Crippen molar-refractivity contribution in [1.82, 2.24) is 24.4 Å². The van der Waals surface area contributed by atoms with Crippen LogP contribution in [0.3, 0.4) is 0 Å². The molecule has 1 saturated heterocycles. The van der Waals surface area contributed by atoms with Crippen LogP contribution in [0, 0.1) is 6.92 Å². The highest BCUT2D eigenvalue weighted by atomic mass is 32.1. The number of thiazole rings is 1. The first-order valence-corrected chi connectivity index (χ1v) is 9.86. The molecule has 1 aliphatic heterocycles. The van der Waals surface area contributed by atoms with E-state index < -0.39 is 0 Å². The quantitative estimate of drug-likeness (QED) is 0.700. The average Bonchev–Trinajstić information content (AvgIpc) is 3.22. The highest BCUT2D eigenvalue weighted by Crippen LogP contribution is 2.27. The van der Waals surface area contributed by atoms with Crippen LogP contribution >= 0.6 is 11.3 Å². The van der Waals surface area contributed by atoms with Gasteiger partial charge in [-0.15, -0.1) is 11.3 Å². The molecule has 1 fully saturated rings. The first-order chi connectivity index (χ1) is 12.5. The minimum atomic E-state index is -0.0126. The van der Waals surface area contributed by atoms with E-state index in [0.717, 1.165) is 53.2 Å². The number of aromatic nitrogens is 4. The minimum absolute atomic E-state index is 0.0126. The van der Waals surface area contributed by atoms with Crippen LogP contribution in [-0.4, -0.2) is 37.5 Å². The van der Waals surface area contributed by atoms with Crippen molar-refractivity contribution >= 4 is 16.3 Å². The normalized spacial score (nSPS) is 18.8. The lowest BCUT2D eigenvalue weighted by Gasteiger charge is -2.30. The van der Waals surface area contributed by atoms with E-state index in [1.54, 1.807) is 21.8 Å². The maximum atomic E-state index is 12.3. The lowest BCUT2D eigenvalue weighted by atomic mass is 9.98. The second-order valence-electron chi connectivity index (χ2n) is 7.30. The predicted molar refractivity (Wildman–Crippen MR) is 99.7 cm³/mol. The number of aryl methyl sites for hydroxylation is 1. The molecule has 7 nitrogen and oxygen atoms in total. The van der Waals surface area contributed by atoms with E-state index in [4.69, 9.17) is 4.52 Å². The molecular formula is C18H23N5O2S. The molecule has 3 aromatic heterocycles. The van der Waals surface area contributed by atoms with Gasteiger partial charge in [0.1, 0.15) is 0 Å². The van der Waals surface area contributed by atoms with E-state index in [1.807, 2.05) is 13.1 Å². The number of likely N-dealkylation sites (tertiary alicyclic amines) is 1. The highest BCUT2D eigenvalue weighted by Gasteiger charge is 2.26. The maximum Gasteiger partial charge on any atom is 0.258 e. The van der Waals surface area contributed by atoms with Crippen LogP contribution in [0.4, 0.5) is 0 Å². The summed E-state index contributed by atoms with van der Waals surface area (Å²) >= 11 is 1.55. The molecule has 4 rings (SSSR count). The lowest BCUT2D eigenvalue weighted by Crippen LogP contribution is -2.34. The van der Waals surface area contributed by atoms with Crippen molar-refractivity contribution in [2.75, 3.05) is 13.1 Å². The largest absolute Gasteiger partial charge is 0.339 e. The number of hydrogen-bond donors (Lipinski definition) is 0. The molecule has 138 valence electrons. The van der Waals surface area contributed by atoms with Gasteiger partial charge < -0.3 is 4.52 Å². The van der Waals surface area contributed by atoms with Gasteiger partial charge in [-0.2, -0.15) is 4.98 Å². The Morgan fingerprint density at radius 2 is 2.23 bits per heavy atom. The molecule has 0 aromatic carbocycles. The number of piperidine rings is 1. The zero-order chi connectivity index (χ0) is 18.3. The van der Waals surface area contributed by atoms with Crippen molar-refractivity contribution in [2.45, 2.75) is 52.0 Å². The van der Waals surface area contributed by atoms with Crippen LogP contribution in [0.25, 0.3) is 4.96 Å². The van der Waals surface area contributed by atoms with Crippen molar-refractivity contribution in [3.8, 4) is 0 Å². The summed E-state index contributed by atoms with van der Waals surface area (Å²) in [5, 5.41) is 4.09. The summed E-state index contributed by atoms with van der Waals surface area (Å²) in [6, 6.07) is 1.65. The van der Waals surface area contributed by atoms with Crippen molar-refractivity contribution < 1.29 is 4.52 Å². The van der Waals surface area contributed by atoms with Crippen molar-refractivity contribution in [2.24, 2.45) is 0 Å². The molecule has 0 amide bonds. The smallest absolute Gasteiger partial charge is 0.258 e. The summed E-state index contributed by atoms with van der Waals surface area (Å²) in [4.78, 5) is 25.7. The monoisotopic (exact) mass is 373 g/mol. The third kappa shape index (κ3) is 3.43. The molecule has 0 bridgehead atoms. The first-order valence-electron chi connectivity index (χ1n) is 9.04. The second-order valence-corrected chi connectivity index (χ2v) is 8.51. The fourth-order valence-electron chi connectivity index (χ4n) is 3.42. The Balaban J connectivity index is 1.50. The van der Waals surface area contributed by atoms with Gasteiger partial charge in [-0.3, -0.25) is 14.1 Å². The van der Waals surface area contributed by atoms with Crippen LogP contribution in [0.1, 0.15) is 60.8 Å². The van der Waals surface area contributed by atoms with Crippen LogP contribution in [-0.2, 0) is 6.54 Å². The Morgan fingerprint density at radius 3 is 3.00 bits per heavy atom. The molecule has 0 spiro atoms. The first kappa shape index (κ1) is 17.4. The van der Waals surface area contributed by atoms with Crippen molar-refractivity contribution in [3.05, 3.63) is 44.9 Å². The maximum absolute atomic E-state index is 12.3. The summed E-state index contributed by atoms with van der Waals surface area (Å²) in [6.45, 7) is 8.63. The Kier molecular flexibility index (Phi) is 4.62. The molecule has 4 heterocycles. The SMILES string of the molecule is Cc1cn2c(=O)cc(CN3CCC[C@@H](c4nc(C(C)C)no4)C3)nc2s1. The summed E-state index contributed by atoms with van der Waals surface area (Å²) in [5.74, 6) is 2.02. The topological polar surface area (TPSA) is 76.5 Å². The zero-order valence-corrected chi connectivity index (χ0v) is 16.1.